The second-order valence-electron chi connectivity index (χ2n) is 6.75. The molecule has 4 saturated carbocycles. The summed E-state index contributed by atoms with van der Waals surface area (Å²) in [6.07, 6.45) is 7.81. The van der Waals surface area contributed by atoms with Crippen LogP contribution in [0.25, 0.3) is 0 Å². The van der Waals surface area contributed by atoms with Gasteiger partial charge in [-0.3, -0.25) is 4.18 Å². The maximum absolute atomic E-state index is 11.3. The molecule has 0 radical (unpaired) electrons. The summed E-state index contributed by atoms with van der Waals surface area (Å²) in [6, 6.07) is 0. The highest BCUT2D eigenvalue weighted by molar-refractivity contribution is 7.84. The van der Waals surface area contributed by atoms with Crippen molar-refractivity contribution in [3.8, 4) is 0 Å². The van der Waals surface area contributed by atoms with Gasteiger partial charge >= 0.3 is 16.3 Å². The third-order valence-electron chi connectivity index (χ3n) is 4.93. The Bertz CT molecular complexity index is 553. The second-order valence-corrected chi connectivity index (χ2v) is 7.91. The van der Waals surface area contributed by atoms with E-state index in [1.54, 1.807) is 6.08 Å². The number of carboxylic acid groups (broad SMARTS) is 1. The molecule has 0 spiro atoms. The molecule has 112 valence electrons. The summed E-state index contributed by atoms with van der Waals surface area (Å²) in [5, 5.41) is 13.9. The molecular weight excluding hydrogens is 282 g/mol. The molecule has 4 aliphatic rings. The van der Waals surface area contributed by atoms with Crippen LogP contribution in [0.1, 0.15) is 38.5 Å². The third-order valence-corrected chi connectivity index (χ3v) is 5.51. The average Bonchev–Trinajstić information content (AvgIpc) is 2.21. The van der Waals surface area contributed by atoms with Gasteiger partial charge in [-0.2, -0.15) is 8.42 Å². The van der Waals surface area contributed by atoms with E-state index in [2.05, 4.69) is 0 Å². The summed E-state index contributed by atoms with van der Waals surface area (Å²) >= 11 is 0. The van der Waals surface area contributed by atoms with Crippen molar-refractivity contribution >= 4 is 16.3 Å². The molecule has 2 unspecified atom stereocenters. The Kier molecular flexibility index (Phi) is 3.01. The van der Waals surface area contributed by atoms with E-state index in [-0.39, 0.29) is 5.41 Å². The van der Waals surface area contributed by atoms with Crippen molar-refractivity contribution in [2.45, 2.75) is 44.1 Å². The topological polar surface area (TPSA) is 107 Å². The minimum atomic E-state index is -3.99. The van der Waals surface area contributed by atoms with E-state index in [1.165, 1.54) is 6.08 Å². The molecule has 0 aromatic carbocycles. The molecule has 0 saturated heterocycles. The Balaban J connectivity index is 1.91. The van der Waals surface area contributed by atoms with Crippen molar-refractivity contribution in [3.63, 3.8) is 0 Å². The molecule has 0 heterocycles. The fourth-order valence-electron chi connectivity index (χ4n) is 5.04. The van der Waals surface area contributed by atoms with Crippen LogP contribution in [0.4, 0.5) is 0 Å². The average molecular weight is 301 g/mol. The zero-order valence-electron chi connectivity index (χ0n) is 11.1. The minimum Gasteiger partial charge on any atom is -0.478 e. The van der Waals surface area contributed by atoms with E-state index < -0.39 is 21.9 Å². The van der Waals surface area contributed by atoms with Crippen LogP contribution in [0, 0.1) is 17.3 Å². The first-order chi connectivity index (χ1) is 9.19. The van der Waals surface area contributed by atoms with Gasteiger partial charge in [0, 0.05) is 6.08 Å². The summed E-state index contributed by atoms with van der Waals surface area (Å²) in [6.45, 7) is 0. The molecule has 0 aromatic heterocycles. The Morgan fingerprint density at radius 3 is 2.35 bits per heavy atom. The number of nitrogens with two attached hydrogens (primary N) is 1. The third kappa shape index (κ3) is 2.62. The van der Waals surface area contributed by atoms with Crippen LogP contribution in [0.2, 0.25) is 0 Å². The van der Waals surface area contributed by atoms with E-state index in [9.17, 15) is 13.2 Å². The van der Waals surface area contributed by atoms with E-state index in [4.69, 9.17) is 14.4 Å². The monoisotopic (exact) mass is 301 g/mol. The van der Waals surface area contributed by atoms with Crippen molar-refractivity contribution in [1.82, 2.24) is 0 Å². The molecule has 4 rings (SSSR count). The molecule has 0 amide bonds. The van der Waals surface area contributed by atoms with Gasteiger partial charge in [-0.15, -0.1) is 0 Å². The van der Waals surface area contributed by atoms with E-state index in [0.717, 1.165) is 19.3 Å². The zero-order valence-corrected chi connectivity index (χ0v) is 11.9. The number of hydrogen-bond donors (Lipinski definition) is 2. The minimum absolute atomic E-state index is 0.243. The van der Waals surface area contributed by atoms with Crippen molar-refractivity contribution in [2.75, 3.05) is 0 Å². The number of aliphatic carboxylic acids is 1. The van der Waals surface area contributed by atoms with Crippen LogP contribution in [0.5, 0.6) is 0 Å². The molecule has 4 fully saturated rings. The van der Waals surface area contributed by atoms with Gasteiger partial charge in [0.15, 0.2) is 0 Å². The van der Waals surface area contributed by atoms with Crippen molar-refractivity contribution < 1.29 is 22.5 Å². The van der Waals surface area contributed by atoms with E-state index >= 15 is 0 Å². The van der Waals surface area contributed by atoms with Gasteiger partial charge in [0.1, 0.15) is 0 Å². The first-order valence-corrected chi connectivity index (χ1v) is 8.32. The lowest BCUT2D eigenvalue weighted by molar-refractivity contribution is -0.134. The summed E-state index contributed by atoms with van der Waals surface area (Å²) < 4.78 is 27.9. The van der Waals surface area contributed by atoms with Crippen molar-refractivity contribution in [2.24, 2.45) is 22.4 Å². The van der Waals surface area contributed by atoms with Gasteiger partial charge in [0.25, 0.3) is 0 Å². The number of hydrogen-bond acceptors (Lipinski definition) is 4. The van der Waals surface area contributed by atoms with Gasteiger partial charge in [0.2, 0.25) is 0 Å². The lowest BCUT2D eigenvalue weighted by Gasteiger charge is -2.60. The van der Waals surface area contributed by atoms with E-state index in [1.807, 2.05) is 0 Å². The summed E-state index contributed by atoms with van der Waals surface area (Å²) in [5.41, 5.74) is -0.965. The highest BCUT2D eigenvalue weighted by atomic mass is 32.2. The second kappa shape index (κ2) is 4.29. The van der Waals surface area contributed by atoms with Crippen LogP contribution in [0.3, 0.4) is 0 Å². The Labute approximate surface area is 118 Å². The number of allylic oxidation sites excluding steroid dienone is 1. The molecule has 4 aliphatic carbocycles. The molecule has 6 nitrogen and oxygen atoms in total. The molecule has 7 heteroatoms. The maximum atomic E-state index is 11.3. The van der Waals surface area contributed by atoms with Crippen molar-refractivity contribution in [3.05, 3.63) is 12.2 Å². The van der Waals surface area contributed by atoms with Gasteiger partial charge in [-0.1, -0.05) is 6.08 Å². The molecule has 0 aromatic rings. The van der Waals surface area contributed by atoms with Crippen LogP contribution in [0.15, 0.2) is 12.2 Å². The predicted molar refractivity (Wildman–Crippen MR) is 70.8 cm³/mol. The lowest BCUT2D eigenvalue weighted by atomic mass is 9.48. The fraction of sp³-hybridized carbons (Fsp3) is 0.769. The van der Waals surface area contributed by atoms with Crippen LogP contribution in [-0.2, 0) is 19.3 Å². The van der Waals surface area contributed by atoms with Crippen LogP contribution in [-0.4, -0.2) is 25.1 Å². The maximum Gasteiger partial charge on any atom is 0.333 e. The molecule has 0 aliphatic heterocycles. The number of rotatable bonds is 4. The van der Waals surface area contributed by atoms with Crippen LogP contribution >= 0.6 is 0 Å². The highest BCUT2D eigenvalue weighted by Crippen LogP contribution is 2.63. The Morgan fingerprint density at radius 1 is 1.25 bits per heavy atom. The summed E-state index contributed by atoms with van der Waals surface area (Å²) in [4.78, 5) is 10.8. The number of carbonyl (C=O) groups is 1. The largest absolute Gasteiger partial charge is 0.478 e. The molecule has 2 atom stereocenters. The number of carboxylic acids is 1. The smallest absolute Gasteiger partial charge is 0.333 e. The zero-order chi connectivity index (χ0) is 14.6. The summed E-state index contributed by atoms with van der Waals surface area (Å²) in [7, 11) is -3.99. The first kappa shape index (κ1) is 14.0. The van der Waals surface area contributed by atoms with Crippen LogP contribution < -0.4 is 5.14 Å². The Morgan fingerprint density at radius 2 is 1.85 bits per heavy atom. The predicted octanol–water partition coefficient (Wildman–Crippen LogP) is 1.19. The quantitative estimate of drug-likeness (QED) is 0.758. The SMILES string of the molecule is NS(=O)(=O)OC12CC3CC(CC(C=CC(=O)O)(C3)C1)C2. The first-order valence-electron chi connectivity index (χ1n) is 6.85. The Hall–Kier alpha value is -0.920. The van der Waals surface area contributed by atoms with Gasteiger partial charge < -0.3 is 5.11 Å². The standard InChI is InChI=1S/C13H19NO5S/c14-20(17,18)19-13-6-9-3-10(7-13)5-12(4-9,8-13)2-1-11(15)16/h1-2,9-10H,3-8H2,(H,15,16)(H2,14,17,18). The van der Waals surface area contributed by atoms with Gasteiger partial charge in [-0.25, -0.2) is 9.93 Å². The molecule has 4 bridgehead atoms. The van der Waals surface area contributed by atoms with E-state index in [0.29, 0.717) is 31.1 Å². The van der Waals surface area contributed by atoms with Gasteiger partial charge in [0.05, 0.1) is 5.60 Å². The highest BCUT2D eigenvalue weighted by Gasteiger charge is 2.58. The van der Waals surface area contributed by atoms with Gasteiger partial charge in [-0.05, 0) is 55.8 Å². The molecule has 20 heavy (non-hydrogen) atoms. The fourth-order valence-corrected chi connectivity index (χ4v) is 5.72. The summed E-state index contributed by atoms with van der Waals surface area (Å²) in [5.74, 6) is -0.171. The lowest BCUT2D eigenvalue weighted by Crippen LogP contribution is -2.57. The van der Waals surface area contributed by atoms with Crippen molar-refractivity contribution in [1.29, 1.82) is 0 Å². The molecular formula is C13H19NO5S. The molecule has 3 N–H and O–H groups in total. The normalized spacial score (nSPS) is 43.2.